The molecule has 1 N–H and O–H groups in total. The molecule has 0 radical (unpaired) electrons. The smallest absolute Gasteiger partial charge is 0.317 e. The van der Waals surface area contributed by atoms with Crippen LogP contribution in [-0.4, -0.2) is 49.1 Å². The molecule has 2 fully saturated rings. The van der Waals surface area contributed by atoms with Gasteiger partial charge in [0.25, 0.3) is 0 Å². The molecule has 2 aliphatic rings. The van der Waals surface area contributed by atoms with Crippen LogP contribution in [0.25, 0.3) is 0 Å². The third-order valence-electron chi connectivity index (χ3n) is 6.66. The number of urea groups is 1. The summed E-state index contributed by atoms with van der Waals surface area (Å²) in [4.78, 5) is 17.0. The topological polar surface area (TPSA) is 44.8 Å². The van der Waals surface area contributed by atoms with Gasteiger partial charge >= 0.3 is 6.03 Å². The highest BCUT2D eigenvalue weighted by atomic mass is 16.5. The number of ether oxygens (including phenoxy) is 1. The highest BCUT2D eigenvalue weighted by Gasteiger charge is 2.23. The van der Waals surface area contributed by atoms with Gasteiger partial charge in [0.1, 0.15) is 5.75 Å². The maximum absolute atomic E-state index is 12.5. The number of amides is 2. The second-order valence-corrected chi connectivity index (χ2v) is 8.94. The van der Waals surface area contributed by atoms with Crippen molar-refractivity contribution in [3.8, 4) is 5.75 Å². The molecule has 2 aromatic rings. The van der Waals surface area contributed by atoms with Gasteiger partial charge in [-0.15, -0.1) is 0 Å². The third-order valence-corrected chi connectivity index (χ3v) is 6.66. The predicted molar refractivity (Wildman–Crippen MR) is 124 cm³/mol. The Bertz CT molecular complexity index is 821. The maximum Gasteiger partial charge on any atom is 0.317 e. The summed E-state index contributed by atoms with van der Waals surface area (Å²) >= 11 is 0. The lowest BCUT2D eigenvalue weighted by Gasteiger charge is -2.32. The lowest BCUT2D eigenvalue weighted by atomic mass is 9.90. The van der Waals surface area contributed by atoms with Crippen molar-refractivity contribution in [1.82, 2.24) is 15.1 Å². The Morgan fingerprint density at radius 3 is 2.16 bits per heavy atom. The Labute approximate surface area is 186 Å². The fraction of sp³-hybridized carbons (Fsp3) is 0.500. The average Bonchev–Trinajstić information content (AvgIpc) is 3.33. The molecule has 2 aromatic carbocycles. The molecular formula is C26H35N3O2. The van der Waals surface area contributed by atoms with Crippen molar-refractivity contribution in [3.05, 3.63) is 65.2 Å². The van der Waals surface area contributed by atoms with Gasteiger partial charge in [0.05, 0.1) is 7.11 Å². The summed E-state index contributed by atoms with van der Waals surface area (Å²) in [7, 11) is 1.66. The minimum absolute atomic E-state index is 0.0422. The normalized spacial score (nSPS) is 17.6. The minimum Gasteiger partial charge on any atom is -0.497 e. The Hall–Kier alpha value is -2.53. The van der Waals surface area contributed by atoms with E-state index in [1.54, 1.807) is 7.11 Å². The lowest BCUT2D eigenvalue weighted by Crippen LogP contribution is -2.44. The van der Waals surface area contributed by atoms with Crippen molar-refractivity contribution in [2.24, 2.45) is 5.92 Å². The zero-order valence-electron chi connectivity index (χ0n) is 18.7. The van der Waals surface area contributed by atoms with Crippen molar-refractivity contribution in [1.29, 1.82) is 0 Å². The summed E-state index contributed by atoms with van der Waals surface area (Å²) in [5, 5.41) is 3.05. The Morgan fingerprint density at radius 2 is 1.52 bits per heavy atom. The number of likely N-dealkylation sites (tertiary alicyclic amines) is 2. The van der Waals surface area contributed by atoms with E-state index in [9.17, 15) is 4.79 Å². The van der Waals surface area contributed by atoms with Crippen LogP contribution < -0.4 is 10.1 Å². The summed E-state index contributed by atoms with van der Waals surface area (Å²) in [5.41, 5.74) is 3.93. The van der Waals surface area contributed by atoms with Crippen molar-refractivity contribution in [2.45, 2.75) is 45.2 Å². The van der Waals surface area contributed by atoms with Crippen molar-refractivity contribution in [2.75, 3.05) is 33.3 Å². The molecule has 31 heavy (non-hydrogen) atoms. The Morgan fingerprint density at radius 1 is 0.903 bits per heavy atom. The van der Waals surface area contributed by atoms with Crippen molar-refractivity contribution in [3.63, 3.8) is 0 Å². The lowest BCUT2D eigenvalue weighted by molar-refractivity contribution is 0.170. The van der Waals surface area contributed by atoms with Crippen LogP contribution >= 0.6 is 0 Å². The van der Waals surface area contributed by atoms with Crippen LogP contribution in [0.15, 0.2) is 48.5 Å². The Kier molecular flexibility index (Phi) is 7.47. The van der Waals surface area contributed by atoms with E-state index < -0.39 is 0 Å². The average molecular weight is 422 g/mol. The quantitative estimate of drug-likeness (QED) is 0.718. The summed E-state index contributed by atoms with van der Waals surface area (Å²) in [5.74, 6) is 1.49. The number of carbonyl (C=O) groups excluding carboxylic acids is 1. The third kappa shape index (κ3) is 6.23. The fourth-order valence-electron chi connectivity index (χ4n) is 4.69. The summed E-state index contributed by atoms with van der Waals surface area (Å²) in [6, 6.07) is 17.1. The zero-order chi connectivity index (χ0) is 21.5. The van der Waals surface area contributed by atoms with E-state index in [2.05, 4.69) is 34.5 Å². The number of rotatable bonds is 7. The SMILES string of the molecule is COc1ccc(CNC(=O)N2CCC(Cc3ccc(CN4CCCC4)cc3)CC2)cc1. The number of methoxy groups -OCH3 is 1. The molecule has 2 amide bonds. The van der Waals surface area contributed by atoms with E-state index in [0.717, 1.165) is 50.2 Å². The first-order valence-corrected chi connectivity index (χ1v) is 11.7. The standard InChI is InChI=1S/C26H35N3O2/c1-31-25-10-8-23(9-11-25)19-27-26(30)29-16-12-22(13-17-29)18-21-4-6-24(7-5-21)20-28-14-2-3-15-28/h4-11,22H,2-3,12-20H2,1H3,(H,27,30). The van der Waals surface area contributed by atoms with Crippen LogP contribution in [-0.2, 0) is 19.5 Å². The van der Waals surface area contributed by atoms with Gasteiger partial charge in [-0.25, -0.2) is 4.79 Å². The van der Waals surface area contributed by atoms with Gasteiger partial charge in [0.2, 0.25) is 0 Å². The number of benzene rings is 2. The largest absolute Gasteiger partial charge is 0.497 e. The molecule has 2 aliphatic heterocycles. The van der Waals surface area contributed by atoms with Gasteiger partial charge in [-0.05, 0) is 79.9 Å². The number of hydrogen-bond acceptors (Lipinski definition) is 3. The molecular weight excluding hydrogens is 386 g/mol. The molecule has 0 unspecified atom stereocenters. The van der Waals surface area contributed by atoms with Crippen LogP contribution in [0.3, 0.4) is 0 Å². The maximum atomic E-state index is 12.5. The molecule has 0 spiro atoms. The van der Waals surface area contributed by atoms with Crippen molar-refractivity contribution < 1.29 is 9.53 Å². The Balaban J connectivity index is 1.18. The highest BCUT2D eigenvalue weighted by Crippen LogP contribution is 2.23. The molecule has 4 rings (SSSR count). The van der Waals surface area contributed by atoms with Gasteiger partial charge in [0.15, 0.2) is 0 Å². The number of nitrogens with zero attached hydrogens (tertiary/aromatic N) is 2. The highest BCUT2D eigenvalue weighted by molar-refractivity contribution is 5.74. The van der Waals surface area contributed by atoms with E-state index in [-0.39, 0.29) is 6.03 Å². The minimum atomic E-state index is 0.0422. The van der Waals surface area contributed by atoms with Gasteiger partial charge in [-0.2, -0.15) is 0 Å². The summed E-state index contributed by atoms with van der Waals surface area (Å²) in [6.45, 7) is 5.80. The molecule has 0 atom stereocenters. The number of carbonyl (C=O) groups is 1. The van der Waals surface area contributed by atoms with Crippen LogP contribution in [0.1, 0.15) is 42.4 Å². The van der Waals surface area contributed by atoms with Crippen LogP contribution in [0.4, 0.5) is 4.79 Å². The monoisotopic (exact) mass is 421 g/mol. The van der Waals surface area contributed by atoms with Gasteiger partial charge in [-0.1, -0.05) is 36.4 Å². The molecule has 0 aromatic heterocycles. The van der Waals surface area contributed by atoms with E-state index >= 15 is 0 Å². The fourth-order valence-corrected chi connectivity index (χ4v) is 4.69. The van der Waals surface area contributed by atoms with Crippen molar-refractivity contribution >= 4 is 6.03 Å². The van der Waals surface area contributed by atoms with Crippen LogP contribution in [0.2, 0.25) is 0 Å². The van der Waals surface area contributed by atoms with E-state index in [0.29, 0.717) is 12.5 Å². The number of piperidine rings is 1. The first-order valence-electron chi connectivity index (χ1n) is 11.7. The molecule has 5 heteroatoms. The number of nitrogens with one attached hydrogen (secondary N) is 1. The predicted octanol–water partition coefficient (Wildman–Crippen LogP) is 4.46. The van der Waals surface area contributed by atoms with E-state index in [4.69, 9.17) is 4.74 Å². The molecule has 2 heterocycles. The number of hydrogen-bond donors (Lipinski definition) is 1. The first kappa shape index (κ1) is 21.7. The molecule has 0 bridgehead atoms. The molecule has 0 aliphatic carbocycles. The second kappa shape index (κ2) is 10.7. The van der Waals surface area contributed by atoms with E-state index in [1.807, 2.05) is 29.2 Å². The zero-order valence-corrected chi connectivity index (χ0v) is 18.7. The van der Waals surface area contributed by atoms with Gasteiger partial charge < -0.3 is 15.0 Å². The molecule has 166 valence electrons. The second-order valence-electron chi connectivity index (χ2n) is 8.94. The van der Waals surface area contributed by atoms with Gasteiger partial charge in [0, 0.05) is 26.2 Å². The molecule has 5 nitrogen and oxygen atoms in total. The van der Waals surface area contributed by atoms with Crippen LogP contribution in [0.5, 0.6) is 5.75 Å². The van der Waals surface area contributed by atoms with E-state index in [1.165, 1.54) is 37.1 Å². The summed E-state index contributed by atoms with van der Waals surface area (Å²) in [6.07, 6.45) is 5.95. The molecule has 0 saturated carbocycles. The summed E-state index contributed by atoms with van der Waals surface area (Å²) < 4.78 is 5.18. The van der Waals surface area contributed by atoms with Gasteiger partial charge in [-0.3, -0.25) is 4.90 Å². The molecule has 2 saturated heterocycles. The van der Waals surface area contributed by atoms with Crippen LogP contribution in [0, 0.1) is 5.92 Å². The first-order chi connectivity index (χ1) is 15.2.